The Morgan fingerprint density at radius 1 is 1.14 bits per heavy atom. The van der Waals surface area contributed by atoms with Crippen molar-refractivity contribution >= 4 is 29.0 Å². The average Bonchev–Trinajstić information content (AvgIpc) is 3.02. The molecule has 0 aromatic heterocycles. The van der Waals surface area contributed by atoms with Gasteiger partial charge in [0, 0.05) is 22.7 Å². The Hall–Kier alpha value is -2.33. The highest BCUT2D eigenvalue weighted by molar-refractivity contribution is 6.30. The van der Waals surface area contributed by atoms with Gasteiger partial charge in [0.25, 0.3) is 5.91 Å². The van der Waals surface area contributed by atoms with Gasteiger partial charge in [-0.25, -0.2) is 0 Å². The first-order chi connectivity index (χ1) is 10.2. The molecule has 2 N–H and O–H groups in total. The molecule has 2 aromatic carbocycles. The van der Waals surface area contributed by atoms with Crippen molar-refractivity contribution in [2.75, 3.05) is 18.4 Å². The normalized spacial score (nSPS) is 13.5. The number of hydrogen-bond acceptors (Lipinski definition) is 3. The predicted octanol–water partition coefficient (Wildman–Crippen LogP) is 2.94. The maximum absolute atomic E-state index is 12.3. The summed E-state index contributed by atoms with van der Waals surface area (Å²) in [6.07, 6.45) is 0. The molecule has 0 spiro atoms. The van der Waals surface area contributed by atoms with Gasteiger partial charge in [0.15, 0.2) is 0 Å². The fraction of sp³-hybridized carbons (Fsp3) is 0.125. The van der Waals surface area contributed by atoms with E-state index in [1.165, 1.54) is 0 Å². The lowest BCUT2D eigenvalue weighted by Gasteiger charge is -2.11. The van der Waals surface area contributed by atoms with E-state index in [0.29, 0.717) is 10.6 Å². The third-order valence-corrected chi connectivity index (χ3v) is 3.46. The maximum Gasteiger partial charge on any atom is 0.255 e. The lowest BCUT2D eigenvalue weighted by molar-refractivity contribution is 0.102. The lowest BCUT2D eigenvalue weighted by atomic mass is 10.1. The zero-order chi connectivity index (χ0) is 14.7. The largest absolute Gasteiger partial charge is 0.368 e. The number of aliphatic imine (C=N–C) groups is 1. The molecule has 2 aromatic rings. The van der Waals surface area contributed by atoms with Gasteiger partial charge in [-0.2, -0.15) is 0 Å². The summed E-state index contributed by atoms with van der Waals surface area (Å²) in [5.74, 6) is 0.653. The molecule has 0 radical (unpaired) electrons. The molecule has 106 valence electrons. The molecular formula is C16H14ClN3O. The van der Waals surface area contributed by atoms with Crippen LogP contribution in [0.4, 0.5) is 5.69 Å². The summed E-state index contributed by atoms with van der Waals surface area (Å²) < 4.78 is 0. The number of nitrogens with zero attached hydrogens (tertiary/aromatic N) is 1. The summed E-state index contributed by atoms with van der Waals surface area (Å²) in [5, 5.41) is 6.74. The van der Waals surface area contributed by atoms with Crippen LogP contribution in [0.15, 0.2) is 53.5 Å². The van der Waals surface area contributed by atoms with Crippen molar-refractivity contribution in [1.82, 2.24) is 5.32 Å². The van der Waals surface area contributed by atoms with Crippen LogP contribution < -0.4 is 10.6 Å². The highest BCUT2D eigenvalue weighted by Crippen LogP contribution is 2.18. The molecule has 21 heavy (non-hydrogen) atoms. The lowest BCUT2D eigenvalue weighted by Crippen LogP contribution is -2.22. The summed E-state index contributed by atoms with van der Waals surface area (Å²) in [4.78, 5) is 16.7. The number of benzene rings is 2. The van der Waals surface area contributed by atoms with Crippen molar-refractivity contribution in [3.63, 3.8) is 0 Å². The van der Waals surface area contributed by atoms with E-state index in [1.807, 2.05) is 24.3 Å². The third kappa shape index (κ3) is 3.06. The van der Waals surface area contributed by atoms with Crippen LogP contribution in [0, 0.1) is 0 Å². The standard InChI is InChI=1S/C16H14ClN3O/c17-12-7-5-11(6-8-12)16(21)20-14-4-2-1-3-13(14)15-18-9-10-19-15/h1-8H,9-10H2,(H,18,19)(H,20,21). The van der Waals surface area contributed by atoms with Crippen LogP contribution in [0.1, 0.15) is 15.9 Å². The molecule has 0 unspecified atom stereocenters. The van der Waals surface area contributed by atoms with Gasteiger partial charge in [0.2, 0.25) is 0 Å². The van der Waals surface area contributed by atoms with Crippen LogP contribution in [-0.4, -0.2) is 24.8 Å². The molecule has 0 aliphatic carbocycles. The molecule has 0 fully saturated rings. The van der Waals surface area contributed by atoms with Gasteiger partial charge in [-0.3, -0.25) is 9.79 Å². The van der Waals surface area contributed by atoms with Crippen LogP contribution >= 0.6 is 11.6 Å². The Bertz CT molecular complexity index is 695. The Kier molecular flexibility index (Phi) is 3.88. The molecule has 1 amide bonds. The zero-order valence-electron chi connectivity index (χ0n) is 11.3. The molecule has 1 aliphatic rings. The monoisotopic (exact) mass is 299 g/mol. The molecule has 0 atom stereocenters. The summed E-state index contributed by atoms with van der Waals surface area (Å²) in [5.41, 5.74) is 2.21. The Balaban J connectivity index is 1.84. The minimum absolute atomic E-state index is 0.169. The van der Waals surface area contributed by atoms with Crippen molar-refractivity contribution in [1.29, 1.82) is 0 Å². The summed E-state index contributed by atoms with van der Waals surface area (Å²) in [7, 11) is 0. The van der Waals surface area contributed by atoms with Crippen molar-refractivity contribution in [2.24, 2.45) is 4.99 Å². The van der Waals surface area contributed by atoms with E-state index in [1.54, 1.807) is 24.3 Å². The zero-order valence-corrected chi connectivity index (χ0v) is 12.0. The fourth-order valence-electron chi connectivity index (χ4n) is 2.17. The van der Waals surface area contributed by atoms with E-state index in [2.05, 4.69) is 15.6 Å². The topological polar surface area (TPSA) is 53.5 Å². The first-order valence-electron chi connectivity index (χ1n) is 6.69. The molecule has 1 aliphatic heterocycles. The summed E-state index contributed by atoms with van der Waals surface area (Å²) in [6, 6.07) is 14.4. The van der Waals surface area contributed by atoms with Crippen molar-refractivity contribution in [3.05, 3.63) is 64.7 Å². The van der Waals surface area contributed by atoms with E-state index in [-0.39, 0.29) is 5.91 Å². The number of carbonyl (C=O) groups is 1. The first-order valence-corrected chi connectivity index (χ1v) is 7.06. The van der Waals surface area contributed by atoms with Gasteiger partial charge in [0.05, 0.1) is 12.2 Å². The molecule has 0 bridgehead atoms. The number of anilines is 1. The average molecular weight is 300 g/mol. The SMILES string of the molecule is O=C(Nc1ccccc1C1=NCCN1)c1ccc(Cl)cc1. The molecule has 0 saturated carbocycles. The number of amidine groups is 1. The smallest absolute Gasteiger partial charge is 0.255 e. The molecule has 4 nitrogen and oxygen atoms in total. The minimum atomic E-state index is -0.169. The summed E-state index contributed by atoms with van der Waals surface area (Å²) >= 11 is 5.83. The molecule has 5 heteroatoms. The number of amides is 1. The summed E-state index contributed by atoms with van der Waals surface area (Å²) in [6.45, 7) is 1.59. The van der Waals surface area contributed by atoms with Crippen LogP contribution in [0.2, 0.25) is 5.02 Å². The van der Waals surface area contributed by atoms with Crippen molar-refractivity contribution < 1.29 is 4.79 Å². The van der Waals surface area contributed by atoms with Gasteiger partial charge < -0.3 is 10.6 Å². The van der Waals surface area contributed by atoms with Crippen LogP contribution in [-0.2, 0) is 0 Å². The quantitative estimate of drug-likeness (QED) is 0.915. The van der Waals surface area contributed by atoms with Crippen LogP contribution in [0.3, 0.4) is 0 Å². The molecule has 0 saturated heterocycles. The van der Waals surface area contributed by atoms with E-state index in [0.717, 1.165) is 30.2 Å². The molecule has 3 rings (SSSR count). The van der Waals surface area contributed by atoms with Crippen molar-refractivity contribution in [3.8, 4) is 0 Å². The van der Waals surface area contributed by atoms with Gasteiger partial charge in [-0.1, -0.05) is 23.7 Å². The number of hydrogen-bond donors (Lipinski definition) is 2. The molecular weight excluding hydrogens is 286 g/mol. The Morgan fingerprint density at radius 3 is 2.62 bits per heavy atom. The highest BCUT2D eigenvalue weighted by Gasteiger charge is 2.14. The van der Waals surface area contributed by atoms with E-state index in [4.69, 9.17) is 11.6 Å². The minimum Gasteiger partial charge on any atom is -0.368 e. The second-order valence-corrected chi connectivity index (χ2v) is 5.10. The van der Waals surface area contributed by atoms with E-state index >= 15 is 0 Å². The second kappa shape index (κ2) is 5.97. The molecule has 1 heterocycles. The van der Waals surface area contributed by atoms with Gasteiger partial charge in [-0.15, -0.1) is 0 Å². The van der Waals surface area contributed by atoms with Crippen LogP contribution in [0.5, 0.6) is 0 Å². The maximum atomic E-state index is 12.3. The highest BCUT2D eigenvalue weighted by atomic mass is 35.5. The van der Waals surface area contributed by atoms with Gasteiger partial charge in [0.1, 0.15) is 5.84 Å². The number of para-hydroxylation sites is 1. The Morgan fingerprint density at radius 2 is 1.90 bits per heavy atom. The number of nitrogens with one attached hydrogen (secondary N) is 2. The van der Waals surface area contributed by atoms with E-state index in [9.17, 15) is 4.79 Å². The van der Waals surface area contributed by atoms with E-state index < -0.39 is 0 Å². The second-order valence-electron chi connectivity index (χ2n) is 4.66. The first kappa shape index (κ1) is 13.6. The fourth-order valence-corrected chi connectivity index (χ4v) is 2.30. The van der Waals surface area contributed by atoms with Crippen molar-refractivity contribution in [2.45, 2.75) is 0 Å². The number of halogens is 1. The third-order valence-electron chi connectivity index (χ3n) is 3.21. The number of carbonyl (C=O) groups excluding carboxylic acids is 1. The van der Waals surface area contributed by atoms with Gasteiger partial charge >= 0.3 is 0 Å². The Labute approximate surface area is 127 Å². The van der Waals surface area contributed by atoms with Gasteiger partial charge in [-0.05, 0) is 36.4 Å². The number of rotatable bonds is 3. The van der Waals surface area contributed by atoms with Crippen LogP contribution in [0.25, 0.3) is 0 Å². The predicted molar refractivity (Wildman–Crippen MR) is 85.3 cm³/mol.